The zero-order valence-corrected chi connectivity index (χ0v) is 8.66. The Bertz CT molecular complexity index is 240. The van der Waals surface area contributed by atoms with E-state index in [1.54, 1.807) is 13.8 Å². The topological polar surface area (TPSA) is 46.2 Å². The highest BCUT2D eigenvalue weighted by Crippen LogP contribution is 1.98. The minimum Gasteiger partial charge on any atom is -0.355 e. The van der Waals surface area contributed by atoms with Gasteiger partial charge in [0.25, 0.3) is 5.12 Å². The monoisotopic (exact) mass is 199 g/mol. The number of carbonyl (C=O) groups is 2. The van der Waals surface area contributed by atoms with Crippen LogP contribution < -0.4 is 5.32 Å². The predicted octanol–water partition coefficient (Wildman–Crippen LogP) is 0.796. The number of nitrogens with one attached hydrogen (secondary N) is 1. The van der Waals surface area contributed by atoms with Crippen molar-refractivity contribution in [1.29, 1.82) is 0 Å². The van der Waals surface area contributed by atoms with Gasteiger partial charge in [-0.3, -0.25) is 9.59 Å². The lowest BCUT2D eigenvalue weighted by atomic mass is 10.4. The first kappa shape index (κ1) is 12.0. The van der Waals surface area contributed by atoms with Gasteiger partial charge in [0.15, 0.2) is 0 Å². The van der Waals surface area contributed by atoms with Crippen molar-refractivity contribution in [3.05, 3.63) is 0 Å². The third kappa shape index (κ3) is 7.41. The Hall–Kier alpha value is -0.950. The molecular weight excluding hydrogens is 186 g/mol. The molecule has 0 aliphatic rings. The highest BCUT2D eigenvalue weighted by atomic mass is 32.2. The fourth-order valence-electron chi connectivity index (χ4n) is 0.597. The molecule has 0 aromatic carbocycles. The Balaban J connectivity index is 3.39. The first-order valence-corrected chi connectivity index (χ1v) is 5.05. The SMILES string of the molecule is CC#CC(=O)SCCNC(=O)CC. The highest BCUT2D eigenvalue weighted by molar-refractivity contribution is 8.14. The molecule has 0 spiro atoms. The van der Waals surface area contributed by atoms with Crippen molar-refractivity contribution in [2.75, 3.05) is 12.3 Å². The lowest BCUT2D eigenvalue weighted by molar-refractivity contribution is -0.120. The van der Waals surface area contributed by atoms with E-state index < -0.39 is 0 Å². The third-order valence-electron chi connectivity index (χ3n) is 1.21. The van der Waals surface area contributed by atoms with Crippen molar-refractivity contribution < 1.29 is 9.59 Å². The molecule has 1 N–H and O–H groups in total. The molecule has 0 aliphatic carbocycles. The Morgan fingerprint density at radius 1 is 1.46 bits per heavy atom. The van der Waals surface area contributed by atoms with Gasteiger partial charge in [0, 0.05) is 18.7 Å². The van der Waals surface area contributed by atoms with Gasteiger partial charge in [-0.05, 0) is 12.8 Å². The van der Waals surface area contributed by atoms with E-state index in [1.807, 2.05) is 0 Å². The molecule has 3 nitrogen and oxygen atoms in total. The summed E-state index contributed by atoms with van der Waals surface area (Å²) in [5.74, 6) is 5.52. The zero-order chi connectivity index (χ0) is 10.1. The van der Waals surface area contributed by atoms with E-state index >= 15 is 0 Å². The molecule has 13 heavy (non-hydrogen) atoms. The third-order valence-corrected chi connectivity index (χ3v) is 1.98. The Kier molecular flexibility index (Phi) is 7.12. The van der Waals surface area contributed by atoms with E-state index in [0.29, 0.717) is 18.7 Å². The quantitative estimate of drug-likeness (QED) is 0.538. The van der Waals surface area contributed by atoms with Crippen molar-refractivity contribution in [2.24, 2.45) is 0 Å². The summed E-state index contributed by atoms with van der Waals surface area (Å²) in [7, 11) is 0. The van der Waals surface area contributed by atoms with Crippen molar-refractivity contribution in [2.45, 2.75) is 20.3 Å². The summed E-state index contributed by atoms with van der Waals surface area (Å²) in [5.41, 5.74) is 0. The Morgan fingerprint density at radius 3 is 2.69 bits per heavy atom. The summed E-state index contributed by atoms with van der Waals surface area (Å²) in [5, 5.41) is 2.52. The van der Waals surface area contributed by atoms with Crippen molar-refractivity contribution in [1.82, 2.24) is 5.32 Å². The Labute approximate surface area is 82.7 Å². The number of hydrogen-bond acceptors (Lipinski definition) is 3. The van der Waals surface area contributed by atoms with E-state index in [9.17, 15) is 9.59 Å². The van der Waals surface area contributed by atoms with Crippen LogP contribution in [-0.4, -0.2) is 23.3 Å². The van der Waals surface area contributed by atoms with E-state index in [2.05, 4.69) is 17.2 Å². The molecule has 72 valence electrons. The van der Waals surface area contributed by atoms with Crippen molar-refractivity contribution in [3.8, 4) is 11.8 Å². The maximum absolute atomic E-state index is 10.8. The standard InChI is InChI=1S/C9H13NO2S/c1-3-5-9(12)13-7-6-10-8(11)4-2/h4,6-7H2,1-2H3,(H,10,11). The molecule has 0 radical (unpaired) electrons. The zero-order valence-electron chi connectivity index (χ0n) is 7.85. The second kappa shape index (κ2) is 7.69. The summed E-state index contributed by atoms with van der Waals surface area (Å²) < 4.78 is 0. The van der Waals surface area contributed by atoms with Gasteiger partial charge in [-0.2, -0.15) is 0 Å². The second-order valence-electron chi connectivity index (χ2n) is 2.21. The van der Waals surface area contributed by atoms with Gasteiger partial charge < -0.3 is 5.32 Å². The average Bonchev–Trinajstić information content (AvgIpc) is 2.12. The number of thioether (sulfide) groups is 1. The molecule has 0 saturated heterocycles. The van der Waals surface area contributed by atoms with Crippen LogP contribution in [0.5, 0.6) is 0 Å². The molecule has 0 atom stereocenters. The van der Waals surface area contributed by atoms with E-state index in [1.165, 1.54) is 0 Å². The van der Waals surface area contributed by atoms with Gasteiger partial charge >= 0.3 is 0 Å². The van der Waals surface area contributed by atoms with Crippen LogP contribution in [0.15, 0.2) is 0 Å². The lowest BCUT2D eigenvalue weighted by Crippen LogP contribution is -2.24. The molecular formula is C9H13NO2S. The van der Waals surface area contributed by atoms with Crippen LogP contribution in [0.2, 0.25) is 0 Å². The number of hydrogen-bond donors (Lipinski definition) is 1. The molecule has 0 aromatic rings. The Morgan fingerprint density at radius 2 is 2.15 bits per heavy atom. The lowest BCUT2D eigenvalue weighted by Gasteiger charge is -2.00. The fourth-order valence-corrected chi connectivity index (χ4v) is 1.16. The van der Waals surface area contributed by atoms with Crippen LogP contribution in [0.3, 0.4) is 0 Å². The minimum absolute atomic E-state index is 0.00891. The highest BCUT2D eigenvalue weighted by Gasteiger charge is 1.98. The van der Waals surface area contributed by atoms with Crippen LogP contribution in [-0.2, 0) is 9.59 Å². The summed E-state index contributed by atoms with van der Waals surface area (Å²) in [6.07, 6.45) is 0.480. The maximum Gasteiger partial charge on any atom is 0.262 e. The van der Waals surface area contributed by atoms with Crippen LogP contribution in [0, 0.1) is 11.8 Å². The second-order valence-corrected chi connectivity index (χ2v) is 3.28. The molecule has 1 amide bonds. The summed E-state index contributed by atoms with van der Waals surface area (Å²) in [6.45, 7) is 3.93. The summed E-state index contributed by atoms with van der Waals surface area (Å²) in [6, 6.07) is 0. The van der Waals surface area contributed by atoms with Gasteiger partial charge in [-0.15, -0.1) is 0 Å². The van der Waals surface area contributed by atoms with Crippen LogP contribution in [0.25, 0.3) is 0 Å². The molecule has 0 saturated carbocycles. The number of carbonyl (C=O) groups excluding carboxylic acids is 2. The largest absolute Gasteiger partial charge is 0.355 e. The fraction of sp³-hybridized carbons (Fsp3) is 0.556. The van der Waals surface area contributed by atoms with E-state index in [4.69, 9.17) is 0 Å². The minimum atomic E-state index is -0.145. The molecule has 0 fully saturated rings. The molecule has 0 rings (SSSR count). The van der Waals surface area contributed by atoms with Gasteiger partial charge in [-0.25, -0.2) is 0 Å². The van der Waals surface area contributed by atoms with Gasteiger partial charge in [0.1, 0.15) is 0 Å². The van der Waals surface area contributed by atoms with Crippen LogP contribution in [0.1, 0.15) is 20.3 Å². The first-order valence-electron chi connectivity index (χ1n) is 4.07. The van der Waals surface area contributed by atoms with Crippen molar-refractivity contribution >= 4 is 22.8 Å². The summed E-state index contributed by atoms with van der Waals surface area (Å²) >= 11 is 1.13. The molecule has 0 aliphatic heterocycles. The van der Waals surface area contributed by atoms with E-state index in [-0.39, 0.29) is 11.0 Å². The smallest absolute Gasteiger partial charge is 0.262 e. The number of rotatable bonds is 4. The maximum atomic E-state index is 10.8. The average molecular weight is 199 g/mol. The molecule has 0 bridgehead atoms. The summed E-state index contributed by atoms with van der Waals surface area (Å²) in [4.78, 5) is 21.6. The van der Waals surface area contributed by atoms with Crippen LogP contribution in [0.4, 0.5) is 0 Å². The van der Waals surface area contributed by atoms with Crippen LogP contribution >= 0.6 is 11.8 Å². The predicted molar refractivity (Wildman–Crippen MR) is 54.2 cm³/mol. The van der Waals surface area contributed by atoms with Crippen molar-refractivity contribution in [3.63, 3.8) is 0 Å². The molecule has 0 heterocycles. The molecule has 4 heteroatoms. The van der Waals surface area contributed by atoms with E-state index in [0.717, 1.165) is 11.8 Å². The molecule has 0 aromatic heterocycles. The van der Waals surface area contributed by atoms with Gasteiger partial charge in [-0.1, -0.05) is 24.6 Å². The first-order chi connectivity index (χ1) is 6.20. The van der Waals surface area contributed by atoms with Gasteiger partial charge in [0.05, 0.1) is 0 Å². The van der Waals surface area contributed by atoms with Gasteiger partial charge in [0.2, 0.25) is 5.91 Å². The number of amides is 1. The normalized spacial score (nSPS) is 8.46. The molecule has 0 unspecified atom stereocenters.